The summed E-state index contributed by atoms with van der Waals surface area (Å²) in [7, 11) is 0. The minimum absolute atomic E-state index is 0.0141. The molecule has 4 nitrogen and oxygen atoms in total. The van der Waals surface area contributed by atoms with E-state index in [1.54, 1.807) is 0 Å². The number of aliphatic carboxylic acids is 1. The largest absolute Gasteiger partial charge is 0.481 e. The van der Waals surface area contributed by atoms with E-state index < -0.39 is 5.97 Å². The molecular weight excluding hydrogens is 388 g/mol. The fraction of sp³-hybridized carbons (Fsp3) is 0.926. The van der Waals surface area contributed by atoms with Crippen molar-refractivity contribution in [3.63, 3.8) is 0 Å². The van der Waals surface area contributed by atoms with Crippen LogP contribution >= 0.6 is 0 Å². The highest BCUT2D eigenvalue weighted by Gasteiger charge is 2.32. The van der Waals surface area contributed by atoms with Crippen molar-refractivity contribution in [2.75, 3.05) is 0 Å². The number of carboxylic acids is 1. The Balaban J connectivity index is 2.36. The van der Waals surface area contributed by atoms with Crippen molar-refractivity contribution in [1.82, 2.24) is 0 Å². The zero-order valence-corrected chi connectivity index (χ0v) is 20.7. The Bertz CT molecular complexity index is 474. The maximum Gasteiger partial charge on any atom is 0.309 e. The van der Waals surface area contributed by atoms with Gasteiger partial charge in [0.1, 0.15) is 6.10 Å². The van der Waals surface area contributed by atoms with Crippen LogP contribution in [0.15, 0.2) is 0 Å². The van der Waals surface area contributed by atoms with Gasteiger partial charge in [-0.2, -0.15) is 0 Å². The summed E-state index contributed by atoms with van der Waals surface area (Å²) < 4.78 is 5.96. The van der Waals surface area contributed by atoms with Gasteiger partial charge in [-0.05, 0) is 50.9 Å². The number of carbonyl (C=O) groups excluding carboxylic acids is 1. The van der Waals surface area contributed by atoms with Gasteiger partial charge in [-0.15, -0.1) is 0 Å². The van der Waals surface area contributed by atoms with Crippen LogP contribution < -0.4 is 0 Å². The van der Waals surface area contributed by atoms with Gasteiger partial charge in [0.2, 0.25) is 0 Å². The number of rotatable bonds is 18. The summed E-state index contributed by atoms with van der Waals surface area (Å²) in [5.74, 6) is -0.702. The van der Waals surface area contributed by atoms with E-state index in [2.05, 4.69) is 20.8 Å². The first-order chi connectivity index (χ1) is 14.9. The number of carbonyl (C=O) groups is 2. The van der Waals surface area contributed by atoms with E-state index in [0.29, 0.717) is 12.8 Å². The molecule has 3 unspecified atom stereocenters. The van der Waals surface area contributed by atoms with Crippen molar-refractivity contribution >= 4 is 11.9 Å². The smallest absolute Gasteiger partial charge is 0.309 e. The fourth-order valence-corrected chi connectivity index (χ4v) is 4.76. The summed E-state index contributed by atoms with van der Waals surface area (Å²) in [4.78, 5) is 24.1. The second-order valence-electron chi connectivity index (χ2n) is 10.3. The number of unbranched alkanes of at least 4 members (excludes halogenated alkanes) is 9. The molecule has 182 valence electrons. The lowest BCUT2D eigenvalue weighted by Gasteiger charge is -2.27. The third-order valence-electron chi connectivity index (χ3n) is 6.83. The van der Waals surface area contributed by atoms with Crippen LogP contribution in [0.3, 0.4) is 0 Å². The first kappa shape index (κ1) is 28.0. The minimum Gasteiger partial charge on any atom is -0.481 e. The minimum atomic E-state index is -0.765. The van der Waals surface area contributed by atoms with Crippen LogP contribution in [0.4, 0.5) is 0 Å². The van der Waals surface area contributed by atoms with Crippen LogP contribution in [0.2, 0.25) is 0 Å². The Labute approximate surface area is 191 Å². The monoisotopic (exact) mass is 438 g/mol. The predicted octanol–water partition coefficient (Wildman–Crippen LogP) is 7.93. The average molecular weight is 439 g/mol. The molecule has 0 radical (unpaired) electrons. The number of carboxylic acid groups (broad SMARTS) is 1. The van der Waals surface area contributed by atoms with E-state index in [9.17, 15) is 14.7 Å². The van der Waals surface area contributed by atoms with Crippen molar-refractivity contribution < 1.29 is 19.4 Å². The van der Waals surface area contributed by atoms with E-state index in [1.165, 1.54) is 64.2 Å². The number of hydrogen-bond acceptors (Lipinski definition) is 3. The summed E-state index contributed by atoms with van der Waals surface area (Å²) >= 11 is 0. The van der Waals surface area contributed by atoms with Crippen molar-refractivity contribution in [1.29, 1.82) is 0 Å². The van der Waals surface area contributed by atoms with Crippen LogP contribution in [0.5, 0.6) is 0 Å². The number of ether oxygens (including phenoxy) is 1. The summed E-state index contributed by atoms with van der Waals surface area (Å²) in [5.41, 5.74) is 0. The van der Waals surface area contributed by atoms with Crippen molar-refractivity contribution in [2.24, 2.45) is 17.8 Å². The maximum atomic E-state index is 12.8. The normalized spacial score (nSPS) is 20.0. The Hall–Kier alpha value is -1.06. The molecule has 1 N–H and O–H groups in total. The first-order valence-electron chi connectivity index (χ1n) is 13.4. The van der Waals surface area contributed by atoms with Gasteiger partial charge in [-0.3, -0.25) is 9.59 Å². The van der Waals surface area contributed by atoms with Crippen molar-refractivity contribution in [3.05, 3.63) is 0 Å². The second-order valence-corrected chi connectivity index (χ2v) is 10.3. The van der Waals surface area contributed by atoms with Gasteiger partial charge in [0.25, 0.3) is 0 Å². The average Bonchev–Trinajstić information content (AvgIpc) is 2.74. The van der Waals surface area contributed by atoms with Crippen LogP contribution in [-0.2, 0) is 14.3 Å². The zero-order valence-electron chi connectivity index (χ0n) is 20.7. The molecule has 0 saturated heterocycles. The molecule has 0 heterocycles. The van der Waals surface area contributed by atoms with Gasteiger partial charge in [0.15, 0.2) is 0 Å². The molecule has 31 heavy (non-hydrogen) atoms. The third-order valence-corrected chi connectivity index (χ3v) is 6.83. The summed E-state index contributed by atoms with van der Waals surface area (Å²) in [6.45, 7) is 6.81. The summed E-state index contributed by atoms with van der Waals surface area (Å²) in [6, 6.07) is 0. The Morgan fingerprint density at radius 2 is 1.32 bits per heavy atom. The molecule has 1 rings (SSSR count). The zero-order chi connectivity index (χ0) is 22.9. The molecule has 0 bridgehead atoms. The van der Waals surface area contributed by atoms with E-state index in [4.69, 9.17) is 4.74 Å². The van der Waals surface area contributed by atoms with Crippen LogP contribution in [0.25, 0.3) is 0 Å². The lowest BCUT2D eigenvalue weighted by Crippen LogP contribution is -2.31. The van der Waals surface area contributed by atoms with Gasteiger partial charge in [-0.1, -0.05) is 91.4 Å². The second kappa shape index (κ2) is 17.5. The van der Waals surface area contributed by atoms with Crippen LogP contribution in [0, 0.1) is 17.8 Å². The van der Waals surface area contributed by atoms with Crippen LogP contribution in [-0.4, -0.2) is 23.1 Å². The highest BCUT2D eigenvalue weighted by atomic mass is 16.5. The SMILES string of the molecule is CCCCCCCC(CCCCCCCCC(C)C)OC(=O)C1CCCC(C(=O)O)C1. The summed E-state index contributed by atoms with van der Waals surface area (Å²) in [6.07, 6.45) is 19.7. The molecule has 0 aromatic rings. The molecular formula is C27H50O4. The van der Waals surface area contributed by atoms with Gasteiger partial charge in [0, 0.05) is 0 Å². The lowest BCUT2D eigenvalue weighted by molar-refractivity contribution is -0.158. The number of hydrogen-bond donors (Lipinski definition) is 1. The molecule has 0 aromatic carbocycles. The molecule has 1 aliphatic carbocycles. The molecule has 0 amide bonds. The van der Waals surface area contributed by atoms with Gasteiger partial charge >= 0.3 is 11.9 Å². The Kier molecular flexibility index (Phi) is 15.8. The quantitative estimate of drug-likeness (QED) is 0.174. The van der Waals surface area contributed by atoms with E-state index in [-0.39, 0.29) is 23.9 Å². The molecule has 0 aromatic heterocycles. The Morgan fingerprint density at radius 1 is 0.806 bits per heavy atom. The van der Waals surface area contributed by atoms with Gasteiger partial charge in [0.05, 0.1) is 11.8 Å². The predicted molar refractivity (Wildman–Crippen MR) is 128 cm³/mol. The molecule has 0 spiro atoms. The van der Waals surface area contributed by atoms with E-state index in [0.717, 1.165) is 44.4 Å². The fourth-order valence-electron chi connectivity index (χ4n) is 4.76. The van der Waals surface area contributed by atoms with Crippen molar-refractivity contribution in [3.8, 4) is 0 Å². The Morgan fingerprint density at radius 3 is 1.87 bits per heavy atom. The standard InChI is InChI=1S/C27H50O4/c1-4-5-6-9-13-19-25(20-14-11-8-7-10-12-16-22(2)3)31-27(30)24-18-15-17-23(21-24)26(28)29/h22-25H,4-21H2,1-3H3,(H,28,29). The van der Waals surface area contributed by atoms with Crippen LogP contribution in [0.1, 0.15) is 136 Å². The topological polar surface area (TPSA) is 63.6 Å². The highest BCUT2D eigenvalue weighted by molar-refractivity contribution is 5.75. The van der Waals surface area contributed by atoms with Crippen molar-refractivity contribution in [2.45, 2.75) is 142 Å². The third kappa shape index (κ3) is 13.9. The van der Waals surface area contributed by atoms with Gasteiger partial charge in [-0.25, -0.2) is 0 Å². The van der Waals surface area contributed by atoms with E-state index in [1.807, 2.05) is 0 Å². The molecule has 1 aliphatic rings. The van der Waals surface area contributed by atoms with E-state index >= 15 is 0 Å². The lowest BCUT2D eigenvalue weighted by atomic mass is 9.81. The molecule has 0 aliphatic heterocycles. The number of esters is 1. The molecule has 3 atom stereocenters. The summed E-state index contributed by atoms with van der Waals surface area (Å²) in [5, 5.41) is 9.30. The molecule has 4 heteroatoms. The first-order valence-corrected chi connectivity index (χ1v) is 13.4. The maximum absolute atomic E-state index is 12.8. The molecule has 1 fully saturated rings. The molecule has 1 saturated carbocycles. The highest BCUT2D eigenvalue weighted by Crippen LogP contribution is 2.31. The van der Waals surface area contributed by atoms with Gasteiger partial charge < -0.3 is 9.84 Å².